The molecule has 0 unspecified atom stereocenters. The summed E-state index contributed by atoms with van der Waals surface area (Å²) in [5.41, 5.74) is -0.522. The molecule has 1 aromatic rings. The number of aromatic nitrogens is 1. The van der Waals surface area contributed by atoms with Crippen LogP contribution >= 0.6 is 23.2 Å². The molecule has 6 heteroatoms. The summed E-state index contributed by atoms with van der Waals surface area (Å²) in [6, 6.07) is 3.04. The van der Waals surface area contributed by atoms with E-state index < -0.39 is 5.60 Å². The smallest absolute Gasteiger partial charge is 0.254 e. The zero-order chi connectivity index (χ0) is 13.9. The fourth-order valence-electron chi connectivity index (χ4n) is 2.31. The van der Waals surface area contributed by atoms with Crippen LogP contribution in [0.3, 0.4) is 0 Å². The topological polar surface area (TPSA) is 62.2 Å². The monoisotopic (exact) mass is 302 g/mol. The van der Waals surface area contributed by atoms with Gasteiger partial charge in [0.15, 0.2) is 0 Å². The van der Waals surface area contributed by atoms with Crippen LogP contribution in [0.25, 0.3) is 0 Å². The van der Waals surface area contributed by atoms with Gasteiger partial charge >= 0.3 is 0 Å². The quantitative estimate of drug-likeness (QED) is 0.844. The number of nitrogens with one attached hydrogen (secondary N) is 1. The van der Waals surface area contributed by atoms with E-state index in [-0.39, 0.29) is 28.3 Å². The first-order valence-electron chi connectivity index (χ1n) is 6.33. The summed E-state index contributed by atoms with van der Waals surface area (Å²) in [7, 11) is 0. The molecule has 1 aliphatic carbocycles. The average molecular weight is 303 g/mol. The molecule has 1 aliphatic rings. The van der Waals surface area contributed by atoms with E-state index in [9.17, 15) is 9.90 Å². The maximum atomic E-state index is 12.0. The third kappa shape index (κ3) is 3.81. The second kappa shape index (κ2) is 6.07. The van der Waals surface area contributed by atoms with Crippen LogP contribution in [0.2, 0.25) is 10.3 Å². The summed E-state index contributed by atoms with van der Waals surface area (Å²) in [4.78, 5) is 15.8. The first-order chi connectivity index (χ1) is 9.00. The first kappa shape index (κ1) is 14.6. The van der Waals surface area contributed by atoms with Crippen molar-refractivity contribution in [3.8, 4) is 0 Å². The molecule has 0 spiro atoms. The van der Waals surface area contributed by atoms with Gasteiger partial charge in [-0.05, 0) is 25.0 Å². The van der Waals surface area contributed by atoms with Crippen LogP contribution < -0.4 is 5.32 Å². The molecule has 1 heterocycles. The van der Waals surface area contributed by atoms with Crippen LogP contribution in [0.4, 0.5) is 0 Å². The Hall–Kier alpha value is -0.840. The van der Waals surface area contributed by atoms with Gasteiger partial charge in [-0.25, -0.2) is 4.98 Å². The van der Waals surface area contributed by atoms with Gasteiger partial charge in [0.05, 0.1) is 11.2 Å². The minimum absolute atomic E-state index is 0.0700. The Kier molecular flexibility index (Phi) is 4.66. The van der Waals surface area contributed by atoms with Crippen molar-refractivity contribution < 1.29 is 9.90 Å². The Morgan fingerprint density at radius 1 is 1.32 bits per heavy atom. The SMILES string of the molecule is O=C(NCC1(O)CCCCC1)c1ccc(Cl)nc1Cl. The summed E-state index contributed by atoms with van der Waals surface area (Å²) in [5.74, 6) is -0.340. The summed E-state index contributed by atoms with van der Waals surface area (Å²) in [5, 5.41) is 13.3. The molecule has 1 aromatic heterocycles. The Morgan fingerprint density at radius 3 is 2.63 bits per heavy atom. The van der Waals surface area contributed by atoms with Gasteiger partial charge in [-0.3, -0.25) is 4.79 Å². The van der Waals surface area contributed by atoms with Crippen LogP contribution in [0.1, 0.15) is 42.5 Å². The fourth-order valence-corrected chi connectivity index (χ4v) is 2.74. The van der Waals surface area contributed by atoms with Gasteiger partial charge in [-0.15, -0.1) is 0 Å². The van der Waals surface area contributed by atoms with Crippen LogP contribution in [-0.2, 0) is 0 Å². The predicted octanol–water partition coefficient (Wildman–Crippen LogP) is 2.81. The van der Waals surface area contributed by atoms with Crippen LogP contribution in [0, 0.1) is 0 Å². The normalized spacial score (nSPS) is 18.1. The summed E-state index contributed by atoms with van der Waals surface area (Å²) < 4.78 is 0. The largest absolute Gasteiger partial charge is 0.388 e. The third-order valence-electron chi connectivity index (χ3n) is 3.42. The molecule has 1 fully saturated rings. The lowest BCUT2D eigenvalue weighted by Gasteiger charge is -2.32. The molecule has 2 rings (SSSR count). The van der Waals surface area contributed by atoms with Crippen molar-refractivity contribution in [2.24, 2.45) is 0 Å². The van der Waals surface area contributed by atoms with Crippen molar-refractivity contribution >= 4 is 29.1 Å². The second-order valence-corrected chi connectivity index (χ2v) is 5.69. The van der Waals surface area contributed by atoms with E-state index in [1.807, 2.05) is 0 Å². The predicted molar refractivity (Wildman–Crippen MR) is 74.6 cm³/mol. The van der Waals surface area contributed by atoms with Gasteiger partial charge in [0, 0.05) is 6.54 Å². The summed E-state index contributed by atoms with van der Waals surface area (Å²) in [6.45, 7) is 0.241. The number of hydrogen-bond donors (Lipinski definition) is 2. The lowest BCUT2D eigenvalue weighted by atomic mass is 9.85. The number of carbonyl (C=O) groups is 1. The minimum Gasteiger partial charge on any atom is -0.388 e. The Balaban J connectivity index is 1.97. The molecule has 1 amide bonds. The molecular weight excluding hydrogens is 287 g/mol. The van der Waals surface area contributed by atoms with Gasteiger partial charge in [-0.1, -0.05) is 42.5 Å². The molecule has 4 nitrogen and oxygen atoms in total. The van der Waals surface area contributed by atoms with E-state index in [4.69, 9.17) is 23.2 Å². The summed E-state index contributed by atoms with van der Waals surface area (Å²) >= 11 is 11.5. The molecule has 0 saturated heterocycles. The lowest BCUT2D eigenvalue weighted by molar-refractivity contribution is 0.00525. The number of hydrogen-bond acceptors (Lipinski definition) is 3. The molecule has 0 atom stereocenters. The highest BCUT2D eigenvalue weighted by atomic mass is 35.5. The highest BCUT2D eigenvalue weighted by Crippen LogP contribution is 2.27. The minimum atomic E-state index is -0.791. The van der Waals surface area contributed by atoms with Crippen LogP contribution in [-0.4, -0.2) is 28.1 Å². The van der Waals surface area contributed by atoms with Gasteiger partial charge in [0.1, 0.15) is 10.3 Å². The van der Waals surface area contributed by atoms with E-state index >= 15 is 0 Å². The molecule has 2 N–H and O–H groups in total. The highest BCUT2D eigenvalue weighted by Gasteiger charge is 2.29. The van der Waals surface area contributed by atoms with Crippen molar-refractivity contribution in [3.63, 3.8) is 0 Å². The standard InChI is InChI=1S/C13H16Cl2N2O2/c14-10-5-4-9(11(15)17-10)12(18)16-8-13(19)6-2-1-3-7-13/h4-5,19H,1-3,6-8H2,(H,16,18). The molecular formula is C13H16Cl2N2O2. The second-order valence-electron chi connectivity index (χ2n) is 4.94. The summed E-state index contributed by atoms with van der Waals surface area (Å²) in [6.07, 6.45) is 4.58. The number of pyridine rings is 1. The van der Waals surface area contributed by atoms with E-state index in [1.54, 1.807) is 0 Å². The van der Waals surface area contributed by atoms with E-state index in [2.05, 4.69) is 10.3 Å². The molecule has 19 heavy (non-hydrogen) atoms. The zero-order valence-corrected chi connectivity index (χ0v) is 12.0. The van der Waals surface area contributed by atoms with Crippen molar-refractivity contribution in [1.82, 2.24) is 10.3 Å². The van der Waals surface area contributed by atoms with Crippen molar-refractivity contribution in [3.05, 3.63) is 28.0 Å². The van der Waals surface area contributed by atoms with Gasteiger partial charge in [-0.2, -0.15) is 0 Å². The van der Waals surface area contributed by atoms with E-state index in [1.165, 1.54) is 12.1 Å². The number of rotatable bonds is 3. The Morgan fingerprint density at radius 2 is 2.00 bits per heavy atom. The third-order valence-corrected chi connectivity index (χ3v) is 3.92. The van der Waals surface area contributed by atoms with Gasteiger partial charge < -0.3 is 10.4 Å². The zero-order valence-electron chi connectivity index (χ0n) is 10.5. The van der Waals surface area contributed by atoms with E-state index in [0.717, 1.165) is 32.1 Å². The first-order valence-corrected chi connectivity index (χ1v) is 7.08. The Bertz CT molecular complexity index is 474. The fraction of sp³-hybridized carbons (Fsp3) is 0.538. The van der Waals surface area contributed by atoms with Crippen molar-refractivity contribution in [1.29, 1.82) is 0 Å². The highest BCUT2D eigenvalue weighted by molar-refractivity contribution is 6.34. The molecule has 1 saturated carbocycles. The van der Waals surface area contributed by atoms with Crippen molar-refractivity contribution in [2.75, 3.05) is 6.54 Å². The number of amides is 1. The van der Waals surface area contributed by atoms with Crippen LogP contribution in [0.15, 0.2) is 12.1 Å². The maximum absolute atomic E-state index is 12.0. The molecule has 0 bridgehead atoms. The maximum Gasteiger partial charge on any atom is 0.254 e. The van der Waals surface area contributed by atoms with Crippen molar-refractivity contribution in [2.45, 2.75) is 37.7 Å². The molecule has 0 aromatic carbocycles. The number of halogens is 2. The number of carbonyl (C=O) groups excluding carboxylic acids is 1. The lowest BCUT2D eigenvalue weighted by Crippen LogP contribution is -2.44. The van der Waals surface area contributed by atoms with E-state index in [0.29, 0.717) is 0 Å². The molecule has 104 valence electrons. The average Bonchev–Trinajstić information content (AvgIpc) is 2.37. The molecule has 0 radical (unpaired) electrons. The van der Waals surface area contributed by atoms with Crippen LogP contribution in [0.5, 0.6) is 0 Å². The van der Waals surface area contributed by atoms with Gasteiger partial charge in [0.25, 0.3) is 5.91 Å². The van der Waals surface area contributed by atoms with Gasteiger partial charge in [0.2, 0.25) is 0 Å². The molecule has 0 aliphatic heterocycles. The number of aliphatic hydroxyl groups is 1. The number of nitrogens with zero attached hydrogens (tertiary/aromatic N) is 1. The Labute approximate surface area is 122 Å².